The van der Waals surface area contributed by atoms with Crippen molar-refractivity contribution >= 4 is 6.08 Å². The van der Waals surface area contributed by atoms with Crippen LogP contribution in [0.2, 0.25) is 0 Å². The lowest BCUT2D eigenvalue weighted by atomic mass is 10.2. The number of aromatic nitrogens is 1. The van der Waals surface area contributed by atoms with E-state index < -0.39 is 11.7 Å². The molecule has 0 aliphatic rings. The predicted octanol–water partition coefficient (Wildman–Crippen LogP) is 1.98. The van der Waals surface area contributed by atoms with E-state index in [9.17, 15) is 18.0 Å². The number of pyridine rings is 1. The monoisotopic (exact) mass is 216 g/mol. The third kappa shape index (κ3) is 3.52. The molecular weight excluding hydrogens is 209 g/mol. The third-order valence-corrected chi connectivity index (χ3v) is 1.70. The van der Waals surface area contributed by atoms with Gasteiger partial charge in [0, 0.05) is 18.3 Å². The smallest absolute Gasteiger partial charge is 0.261 e. The highest BCUT2D eigenvalue weighted by atomic mass is 19.4. The molecular formula is C9H7F3N2O. The fraction of sp³-hybridized carbons (Fsp3) is 0.333. The number of hydrogen-bond donors (Lipinski definition) is 0. The molecule has 1 heterocycles. The molecule has 0 aliphatic carbocycles. The van der Waals surface area contributed by atoms with E-state index in [-0.39, 0.29) is 6.54 Å². The molecule has 0 radical (unpaired) electrons. The number of hydrogen-bond acceptors (Lipinski definition) is 3. The summed E-state index contributed by atoms with van der Waals surface area (Å²) in [6, 6.07) is 2.22. The molecule has 15 heavy (non-hydrogen) atoms. The molecule has 0 N–H and O–H groups in total. The zero-order valence-corrected chi connectivity index (χ0v) is 7.58. The Morgan fingerprint density at radius 2 is 2.13 bits per heavy atom. The minimum Gasteiger partial charge on any atom is -0.261 e. The van der Waals surface area contributed by atoms with E-state index in [1.54, 1.807) is 0 Å². The van der Waals surface area contributed by atoms with Crippen LogP contribution >= 0.6 is 0 Å². The summed E-state index contributed by atoms with van der Waals surface area (Å²) in [6.45, 7) is 0.182. The van der Waals surface area contributed by atoms with E-state index in [1.807, 2.05) is 0 Å². The summed E-state index contributed by atoms with van der Waals surface area (Å²) in [6.07, 6.45) is -1.94. The zero-order valence-electron chi connectivity index (χ0n) is 7.58. The van der Waals surface area contributed by atoms with E-state index in [4.69, 9.17) is 0 Å². The van der Waals surface area contributed by atoms with Crippen LogP contribution in [0, 0.1) is 0 Å². The maximum atomic E-state index is 12.1. The van der Waals surface area contributed by atoms with Crippen LogP contribution in [0.5, 0.6) is 0 Å². The van der Waals surface area contributed by atoms with Crippen LogP contribution in [0.4, 0.5) is 13.2 Å². The van der Waals surface area contributed by atoms with E-state index >= 15 is 0 Å². The van der Waals surface area contributed by atoms with Crippen molar-refractivity contribution in [1.82, 2.24) is 4.98 Å². The van der Waals surface area contributed by atoms with E-state index in [2.05, 4.69) is 9.98 Å². The van der Waals surface area contributed by atoms with Gasteiger partial charge >= 0.3 is 6.18 Å². The van der Waals surface area contributed by atoms with Gasteiger partial charge in [-0.1, -0.05) is 0 Å². The second kappa shape index (κ2) is 4.70. The van der Waals surface area contributed by atoms with Gasteiger partial charge < -0.3 is 0 Å². The van der Waals surface area contributed by atoms with Crippen molar-refractivity contribution < 1.29 is 18.0 Å². The second-order valence-corrected chi connectivity index (χ2v) is 2.76. The average molecular weight is 216 g/mol. The van der Waals surface area contributed by atoms with Gasteiger partial charge in [0.15, 0.2) is 0 Å². The van der Waals surface area contributed by atoms with Crippen LogP contribution < -0.4 is 0 Å². The summed E-state index contributed by atoms with van der Waals surface area (Å²) >= 11 is 0. The Bertz CT molecular complexity index is 366. The fourth-order valence-corrected chi connectivity index (χ4v) is 0.956. The first-order valence-electron chi connectivity index (χ1n) is 4.10. The minimum atomic E-state index is -4.37. The molecule has 1 aromatic heterocycles. The van der Waals surface area contributed by atoms with E-state index in [1.165, 1.54) is 12.1 Å². The molecule has 80 valence electrons. The highest BCUT2D eigenvalue weighted by molar-refractivity contribution is 5.32. The van der Waals surface area contributed by atoms with Crippen molar-refractivity contribution in [3.63, 3.8) is 0 Å². The molecule has 0 spiro atoms. The fourth-order valence-electron chi connectivity index (χ4n) is 0.956. The van der Waals surface area contributed by atoms with E-state index in [0.29, 0.717) is 12.1 Å². The molecule has 0 fully saturated rings. The molecule has 3 nitrogen and oxygen atoms in total. The van der Waals surface area contributed by atoms with Gasteiger partial charge in [0.25, 0.3) is 0 Å². The van der Waals surface area contributed by atoms with Gasteiger partial charge in [-0.05, 0) is 12.1 Å². The van der Waals surface area contributed by atoms with Crippen molar-refractivity contribution in [2.45, 2.75) is 12.6 Å². The first-order chi connectivity index (χ1) is 7.04. The molecule has 0 atom stereocenters. The van der Waals surface area contributed by atoms with Crippen molar-refractivity contribution in [1.29, 1.82) is 0 Å². The Morgan fingerprint density at radius 3 is 2.60 bits per heavy atom. The maximum absolute atomic E-state index is 12.1. The molecule has 0 unspecified atom stereocenters. The van der Waals surface area contributed by atoms with Crippen LogP contribution in [0.3, 0.4) is 0 Å². The Morgan fingerprint density at radius 1 is 1.40 bits per heavy atom. The number of alkyl halides is 3. The summed E-state index contributed by atoms with van der Waals surface area (Å²) in [7, 11) is 0. The maximum Gasteiger partial charge on any atom is 0.417 e. The first kappa shape index (κ1) is 11.4. The highest BCUT2D eigenvalue weighted by Gasteiger charge is 2.30. The Hall–Kier alpha value is -1.68. The van der Waals surface area contributed by atoms with Crippen LogP contribution in [0.15, 0.2) is 23.3 Å². The minimum absolute atomic E-state index is 0.182. The average Bonchev–Trinajstić information content (AvgIpc) is 2.18. The quantitative estimate of drug-likeness (QED) is 0.572. The SMILES string of the molecule is O=C=NCCc1ccc(C(F)(F)F)cn1. The third-order valence-electron chi connectivity index (χ3n) is 1.70. The van der Waals surface area contributed by atoms with Gasteiger partial charge in [0.2, 0.25) is 6.08 Å². The lowest BCUT2D eigenvalue weighted by Crippen LogP contribution is -2.06. The Kier molecular flexibility index (Phi) is 3.57. The van der Waals surface area contributed by atoms with Gasteiger partial charge in [-0.2, -0.15) is 13.2 Å². The second-order valence-electron chi connectivity index (χ2n) is 2.76. The number of rotatable bonds is 3. The van der Waals surface area contributed by atoms with Gasteiger partial charge in [0.1, 0.15) is 0 Å². The predicted molar refractivity (Wildman–Crippen MR) is 45.9 cm³/mol. The zero-order chi connectivity index (χ0) is 11.3. The van der Waals surface area contributed by atoms with Crippen LogP contribution in [0.25, 0.3) is 0 Å². The number of isocyanates is 1. The Labute approximate surface area is 83.7 Å². The lowest BCUT2D eigenvalue weighted by Gasteiger charge is -2.05. The first-order valence-corrected chi connectivity index (χ1v) is 4.10. The number of halogens is 3. The summed E-state index contributed by atoms with van der Waals surface area (Å²) in [5.74, 6) is 0. The van der Waals surface area contributed by atoms with Crippen molar-refractivity contribution in [3.05, 3.63) is 29.6 Å². The van der Waals surface area contributed by atoms with Crippen LogP contribution in [-0.2, 0) is 17.4 Å². The van der Waals surface area contributed by atoms with Crippen molar-refractivity contribution in [2.24, 2.45) is 4.99 Å². The summed E-state index contributed by atoms with van der Waals surface area (Å²) < 4.78 is 36.3. The standard InChI is InChI=1S/C9H7F3N2O/c10-9(11,12)7-1-2-8(14-5-7)3-4-13-6-15/h1-2,5H,3-4H2. The Balaban J connectivity index is 2.68. The normalized spacial score (nSPS) is 10.9. The number of aliphatic imine (C=N–C) groups is 1. The molecule has 1 rings (SSSR count). The topological polar surface area (TPSA) is 42.3 Å². The van der Waals surface area contributed by atoms with Crippen molar-refractivity contribution in [2.75, 3.05) is 6.54 Å². The molecule has 0 aromatic carbocycles. The molecule has 1 aromatic rings. The van der Waals surface area contributed by atoms with Gasteiger partial charge in [-0.15, -0.1) is 0 Å². The highest BCUT2D eigenvalue weighted by Crippen LogP contribution is 2.28. The van der Waals surface area contributed by atoms with Gasteiger partial charge in [-0.25, -0.2) is 9.79 Å². The largest absolute Gasteiger partial charge is 0.417 e. The molecule has 0 saturated carbocycles. The molecule has 0 bridgehead atoms. The summed E-state index contributed by atoms with van der Waals surface area (Å²) in [5, 5.41) is 0. The number of nitrogens with zero attached hydrogens (tertiary/aromatic N) is 2. The molecule has 0 saturated heterocycles. The number of carbonyl (C=O) groups excluding carboxylic acids is 1. The lowest BCUT2D eigenvalue weighted by molar-refractivity contribution is -0.137. The molecule has 0 aliphatic heterocycles. The van der Waals surface area contributed by atoms with E-state index in [0.717, 1.165) is 12.3 Å². The molecule has 0 amide bonds. The summed E-state index contributed by atoms with van der Waals surface area (Å²) in [5.41, 5.74) is -0.327. The van der Waals surface area contributed by atoms with Crippen molar-refractivity contribution in [3.8, 4) is 0 Å². The van der Waals surface area contributed by atoms with Crippen LogP contribution in [-0.4, -0.2) is 17.6 Å². The van der Waals surface area contributed by atoms with Gasteiger partial charge in [0.05, 0.1) is 12.1 Å². The summed E-state index contributed by atoms with van der Waals surface area (Å²) in [4.78, 5) is 16.6. The van der Waals surface area contributed by atoms with Gasteiger partial charge in [-0.3, -0.25) is 4.98 Å². The van der Waals surface area contributed by atoms with Crippen LogP contribution in [0.1, 0.15) is 11.3 Å². The molecule has 6 heteroatoms.